The maximum atomic E-state index is 12.3. The Balaban J connectivity index is 2.50. The van der Waals surface area contributed by atoms with Crippen molar-refractivity contribution in [2.45, 2.75) is 13.3 Å². The molecule has 0 heterocycles. The number of ketones is 1. The highest BCUT2D eigenvalue weighted by Crippen LogP contribution is 2.28. The molecule has 0 unspecified atom stereocenters. The molecule has 0 fully saturated rings. The van der Waals surface area contributed by atoms with Gasteiger partial charge in [0.15, 0.2) is 5.78 Å². The highest BCUT2D eigenvalue weighted by atomic mass is 35.5. The zero-order chi connectivity index (χ0) is 13.8. The molecule has 0 atom stereocenters. The van der Waals surface area contributed by atoms with Crippen LogP contribution in [0.4, 0.5) is 0 Å². The lowest BCUT2D eigenvalue weighted by Gasteiger charge is -2.09. The summed E-state index contributed by atoms with van der Waals surface area (Å²) in [6.07, 6.45) is 0.347. The molecule has 0 aliphatic heterocycles. The molecular formula is C17H15ClO. The molecule has 2 aromatic rings. The minimum Gasteiger partial charge on any atom is -0.294 e. The predicted octanol–water partition coefficient (Wildman–Crippen LogP) is 5.16. The third-order valence-electron chi connectivity index (χ3n) is 2.83. The highest BCUT2D eigenvalue weighted by molar-refractivity contribution is 6.31. The van der Waals surface area contributed by atoms with Gasteiger partial charge in [0.05, 0.1) is 0 Å². The van der Waals surface area contributed by atoms with Crippen LogP contribution in [0.15, 0.2) is 60.7 Å². The van der Waals surface area contributed by atoms with Crippen molar-refractivity contribution in [1.82, 2.24) is 0 Å². The van der Waals surface area contributed by atoms with Crippen LogP contribution in [-0.2, 0) is 0 Å². The van der Waals surface area contributed by atoms with Crippen LogP contribution >= 0.6 is 11.6 Å². The lowest BCUT2D eigenvalue weighted by molar-refractivity contribution is 0.0994. The lowest BCUT2D eigenvalue weighted by atomic mass is 9.95. The number of halogens is 1. The minimum absolute atomic E-state index is 0.0499. The third-order valence-corrected chi connectivity index (χ3v) is 3.06. The molecule has 19 heavy (non-hydrogen) atoms. The van der Waals surface area contributed by atoms with Crippen molar-refractivity contribution < 1.29 is 4.79 Å². The van der Waals surface area contributed by atoms with E-state index in [-0.39, 0.29) is 5.78 Å². The molecule has 0 radical (unpaired) electrons. The molecule has 0 bridgehead atoms. The molecule has 1 nitrogen and oxygen atoms in total. The molecule has 2 aromatic carbocycles. The molecule has 0 aromatic heterocycles. The van der Waals surface area contributed by atoms with Crippen LogP contribution in [0.1, 0.15) is 23.7 Å². The Hall–Kier alpha value is -1.86. The number of carbonyl (C=O) groups is 1. The summed E-state index contributed by atoms with van der Waals surface area (Å²) < 4.78 is 0. The van der Waals surface area contributed by atoms with Crippen molar-refractivity contribution in [2.75, 3.05) is 0 Å². The minimum atomic E-state index is 0.0499. The summed E-state index contributed by atoms with van der Waals surface area (Å²) >= 11 is 6.01. The van der Waals surface area contributed by atoms with Gasteiger partial charge < -0.3 is 0 Å². The molecule has 0 aliphatic carbocycles. The summed E-state index contributed by atoms with van der Waals surface area (Å²) in [7, 11) is 0. The fraction of sp³-hybridized carbons (Fsp3) is 0.118. The van der Waals surface area contributed by atoms with Gasteiger partial charge in [-0.3, -0.25) is 4.79 Å². The maximum absolute atomic E-state index is 12.3. The number of benzene rings is 2. The van der Waals surface area contributed by atoms with Crippen LogP contribution in [0.3, 0.4) is 0 Å². The number of carbonyl (C=O) groups excluding carboxylic acids is 1. The van der Waals surface area contributed by atoms with Gasteiger partial charge in [-0.1, -0.05) is 60.2 Å². The maximum Gasteiger partial charge on any atom is 0.167 e. The summed E-state index contributed by atoms with van der Waals surface area (Å²) in [4.78, 5) is 12.3. The third kappa shape index (κ3) is 3.33. The summed E-state index contributed by atoms with van der Waals surface area (Å²) in [5.74, 6) is 0.0499. The number of Topliss-reactive ketones (excluding diaryl/α,β-unsaturated/α-hetero) is 1. The molecule has 0 saturated heterocycles. The Morgan fingerprint density at radius 2 is 1.84 bits per heavy atom. The molecule has 0 N–H and O–H groups in total. The monoisotopic (exact) mass is 270 g/mol. The van der Waals surface area contributed by atoms with Crippen molar-refractivity contribution in [1.29, 1.82) is 0 Å². The Bertz CT molecular complexity index is 614. The Labute approximate surface area is 118 Å². The van der Waals surface area contributed by atoms with Gasteiger partial charge in [-0.05, 0) is 30.2 Å². The molecule has 96 valence electrons. The van der Waals surface area contributed by atoms with Crippen LogP contribution in [0.25, 0.3) is 11.1 Å². The zero-order valence-electron chi connectivity index (χ0n) is 10.8. The largest absolute Gasteiger partial charge is 0.294 e. The van der Waals surface area contributed by atoms with E-state index >= 15 is 0 Å². The van der Waals surface area contributed by atoms with Gasteiger partial charge in [0, 0.05) is 17.0 Å². The summed E-state index contributed by atoms with van der Waals surface area (Å²) in [6, 6.07) is 15.3. The Morgan fingerprint density at radius 3 is 2.47 bits per heavy atom. The van der Waals surface area contributed by atoms with E-state index in [1.54, 1.807) is 12.1 Å². The Kier molecular flexibility index (Phi) is 4.18. The number of rotatable bonds is 4. The van der Waals surface area contributed by atoms with Crippen LogP contribution in [-0.4, -0.2) is 5.78 Å². The smallest absolute Gasteiger partial charge is 0.167 e. The molecule has 0 amide bonds. The van der Waals surface area contributed by atoms with E-state index in [0.717, 1.165) is 16.7 Å². The first-order valence-electron chi connectivity index (χ1n) is 6.10. The van der Waals surface area contributed by atoms with Crippen molar-refractivity contribution >= 4 is 17.4 Å². The number of hydrogen-bond acceptors (Lipinski definition) is 1. The van der Waals surface area contributed by atoms with E-state index in [2.05, 4.69) is 6.58 Å². The second-order valence-electron chi connectivity index (χ2n) is 4.61. The molecular weight excluding hydrogens is 256 g/mol. The summed E-state index contributed by atoms with van der Waals surface area (Å²) in [6.45, 7) is 5.64. The van der Waals surface area contributed by atoms with Crippen LogP contribution in [0, 0.1) is 0 Å². The second-order valence-corrected chi connectivity index (χ2v) is 5.05. The lowest BCUT2D eigenvalue weighted by Crippen LogP contribution is -2.02. The van der Waals surface area contributed by atoms with E-state index in [1.165, 1.54) is 0 Å². The van der Waals surface area contributed by atoms with Gasteiger partial charge in [-0.15, -0.1) is 0 Å². The van der Waals surface area contributed by atoms with Gasteiger partial charge in [-0.2, -0.15) is 0 Å². The summed E-state index contributed by atoms with van der Waals surface area (Å²) in [5.41, 5.74) is 3.44. The molecule has 0 aliphatic rings. The fourth-order valence-electron chi connectivity index (χ4n) is 1.99. The topological polar surface area (TPSA) is 17.1 Å². The van der Waals surface area contributed by atoms with E-state index in [0.29, 0.717) is 17.0 Å². The molecule has 2 rings (SSSR count). The average molecular weight is 271 g/mol. The molecule has 0 saturated carbocycles. The van der Waals surface area contributed by atoms with Gasteiger partial charge in [0.1, 0.15) is 0 Å². The quantitative estimate of drug-likeness (QED) is 0.554. The first-order valence-corrected chi connectivity index (χ1v) is 6.48. The number of hydrogen-bond donors (Lipinski definition) is 0. The van der Waals surface area contributed by atoms with Gasteiger partial charge in [0.2, 0.25) is 0 Å². The van der Waals surface area contributed by atoms with Crippen LogP contribution in [0.2, 0.25) is 5.02 Å². The molecule has 2 heteroatoms. The van der Waals surface area contributed by atoms with Crippen molar-refractivity contribution in [2.24, 2.45) is 0 Å². The van der Waals surface area contributed by atoms with E-state index in [4.69, 9.17) is 11.6 Å². The zero-order valence-corrected chi connectivity index (χ0v) is 11.6. The second kappa shape index (κ2) is 5.85. The van der Waals surface area contributed by atoms with Crippen molar-refractivity contribution in [3.63, 3.8) is 0 Å². The number of allylic oxidation sites excluding steroid dienone is 1. The van der Waals surface area contributed by atoms with Gasteiger partial charge in [0.25, 0.3) is 0 Å². The highest BCUT2D eigenvalue weighted by Gasteiger charge is 2.13. The van der Waals surface area contributed by atoms with Crippen molar-refractivity contribution in [3.05, 3.63) is 71.3 Å². The summed E-state index contributed by atoms with van der Waals surface area (Å²) in [5, 5.41) is 0.574. The molecule has 0 spiro atoms. The van der Waals surface area contributed by atoms with Gasteiger partial charge in [-0.25, -0.2) is 0 Å². The fourth-order valence-corrected chi connectivity index (χ4v) is 2.16. The average Bonchev–Trinajstić information content (AvgIpc) is 2.39. The van der Waals surface area contributed by atoms with E-state index in [9.17, 15) is 4.79 Å². The predicted molar refractivity (Wildman–Crippen MR) is 80.6 cm³/mol. The first kappa shape index (κ1) is 13.6. The van der Waals surface area contributed by atoms with Crippen molar-refractivity contribution in [3.8, 4) is 11.1 Å². The van der Waals surface area contributed by atoms with E-state index in [1.807, 2.05) is 43.3 Å². The van der Waals surface area contributed by atoms with Gasteiger partial charge >= 0.3 is 0 Å². The Morgan fingerprint density at radius 1 is 1.16 bits per heavy atom. The van der Waals surface area contributed by atoms with Crippen LogP contribution < -0.4 is 0 Å². The first-order chi connectivity index (χ1) is 9.08. The van der Waals surface area contributed by atoms with Crippen LogP contribution in [0.5, 0.6) is 0 Å². The van der Waals surface area contributed by atoms with E-state index < -0.39 is 0 Å². The standard InChI is InChI=1S/C17H15ClO/c1-12(2)10-17(19)16-11-14(18)8-9-15(16)13-6-4-3-5-7-13/h3-9,11H,1,10H2,2H3. The SMILES string of the molecule is C=C(C)CC(=O)c1cc(Cl)ccc1-c1ccccc1. The normalized spacial score (nSPS) is 10.2.